The summed E-state index contributed by atoms with van der Waals surface area (Å²) >= 11 is 0. The van der Waals surface area contributed by atoms with Crippen LogP contribution in [0.5, 0.6) is 0 Å². The summed E-state index contributed by atoms with van der Waals surface area (Å²) in [6, 6.07) is 13.8. The second kappa shape index (κ2) is 8.38. The Morgan fingerprint density at radius 2 is 1.65 bits per heavy atom. The number of allylic oxidation sites excluding steroid dienone is 1. The van der Waals surface area contributed by atoms with Crippen molar-refractivity contribution in [2.45, 2.75) is 59.7 Å². The Morgan fingerprint density at radius 1 is 1.13 bits per heavy atom. The smallest absolute Gasteiger partial charge is 0.250 e. The van der Waals surface area contributed by atoms with Crippen LogP contribution < -0.4 is 0 Å². The van der Waals surface area contributed by atoms with Crippen molar-refractivity contribution in [2.75, 3.05) is 0 Å². The SMILES string of the molecule is C=C(O[Si](CC)(CC)CC)C(C)(C)C(=C=CC)c1ccccc1. The molecule has 1 rings (SSSR count). The van der Waals surface area contributed by atoms with Crippen molar-refractivity contribution in [2.24, 2.45) is 5.41 Å². The lowest BCUT2D eigenvalue weighted by molar-refractivity contribution is 0.315. The van der Waals surface area contributed by atoms with Gasteiger partial charge in [-0.05, 0) is 50.5 Å². The van der Waals surface area contributed by atoms with Crippen LogP contribution in [0.4, 0.5) is 0 Å². The molecule has 23 heavy (non-hydrogen) atoms. The Kier molecular flexibility index (Phi) is 7.12. The first-order valence-corrected chi connectivity index (χ1v) is 11.3. The minimum atomic E-state index is -1.71. The summed E-state index contributed by atoms with van der Waals surface area (Å²) < 4.78 is 6.57. The van der Waals surface area contributed by atoms with Gasteiger partial charge < -0.3 is 4.43 Å². The van der Waals surface area contributed by atoms with E-state index in [2.05, 4.69) is 71.2 Å². The number of hydrogen-bond acceptors (Lipinski definition) is 1. The maximum atomic E-state index is 6.57. The fraction of sp³-hybridized carbons (Fsp3) is 0.476. The van der Waals surface area contributed by atoms with Gasteiger partial charge in [-0.25, -0.2) is 0 Å². The molecule has 0 aromatic heterocycles. The van der Waals surface area contributed by atoms with E-state index in [9.17, 15) is 0 Å². The molecule has 0 amide bonds. The van der Waals surface area contributed by atoms with Gasteiger partial charge in [-0.3, -0.25) is 0 Å². The van der Waals surface area contributed by atoms with Crippen LogP contribution >= 0.6 is 0 Å². The van der Waals surface area contributed by atoms with E-state index in [0.29, 0.717) is 0 Å². The van der Waals surface area contributed by atoms with Gasteiger partial charge >= 0.3 is 0 Å². The highest BCUT2D eigenvalue weighted by atomic mass is 28.4. The first kappa shape index (κ1) is 19.5. The first-order chi connectivity index (χ1) is 10.9. The van der Waals surface area contributed by atoms with E-state index in [1.807, 2.05) is 19.1 Å². The fourth-order valence-electron chi connectivity index (χ4n) is 2.87. The summed E-state index contributed by atoms with van der Waals surface area (Å²) in [5.41, 5.74) is 5.47. The molecule has 0 heterocycles. The van der Waals surface area contributed by atoms with Crippen molar-refractivity contribution in [3.8, 4) is 0 Å². The molecule has 0 N–H and O–H groups in total. The predicted molar refractivity (Wildman–Crippen MR) is 105 cm³/mol. The summed E-state index contributed by atoms with van der Waals surface area (Å²) in [5, 5.41) is 0. The molecule has 0 radical (unpaired) electrons. The van der Waals surface area contributed by atoms with E-state index in [0.717, 1.165) is 29.5 Å². The highest BCUT2D eigenvalue weighted by Gasteiger charge is 2.37. The van der Waals surface area contributed by atoms with E-state index in [-0.39, 0.29) is 5.41 Å². The molecule has 0 unspecified atom stereocenters. The second-order valence-corrected chi connectivity index (χ2v) is 11.3. The Hall–Kier alpha value is -1.50. The minimum absolute atomic E-state index is 0.272. The van der Waals surface area contributed by atoms with E-state index in [1.54, 1.807) is 0 Å². The summed E-state index contributed by atoms with van der Waals surface area (Å²) in [6.07, 6.45) is 1.97. The molecule has 1 aromatic carbocycles. The van der Waals surface area contributed by atoms with Crippen LogP contribution in [0.25, 0.3) is 5.57 Å². The van der Waals surface area contributed by atoms with Crippen molar-refractivity contribution < 1.29 is 4.43 Å². The van der Waals surface area contributed by atoms with Crippen LogP contribution in [-0.4, -0.2) is 8.32 Å². The molecule has 0 aliphatic rings. The fourth-order valence-corrected chi connectivity index (χ4v) is 5.58. The van der Waals surface area contributed by atoms with Crippen LogP contribution in [0.1, 0.15) is 47.1 Å². The zero-order valence-electron chi connectivity index (χ0n) is 15.7. The molecule has 0 fully saturated rings. The van der Waals surface area contributed by atoms with Crippen molar-refractivity contribution >= 4 is 13.9 Å². The molecular weight excluding hydrogens is 296 g/mol. The lowest BCUT2D eigenvalue weighted by Gasteiger charge is -2.37. The lowest BCUT2D eigenvalue weighted by Crippen LogP contribution is -2.38. The lowest BCUT2D eigenvalue weighted by atomic mass is 9.79. The van der Waals surface area contributed by atoms with E-state index < -0.39 is 8.32 Å². The number of benzene rings is 1. The topological polar surface area (TPSA) is 9.23 Å². The molecule has 0 saturated heterocycles. The summed E-state index contributed by atoms with van der Waals surface area (Å²) in [6.45, 7) is 17.5. The van der Waals surface area contributed by atoms with Gasteiger partial charge in [0.15, 0.2) is 0 Å². The van der Waals surface area contributed by atoms with Crippen LogP contribution in [0.3, 0.4) is 0 Å². The molecule has 0 aliphatic heterocycles. The Labute approximate surface area is 143 Å². The van der Waals surface area contributed by atoms with E-state index in [1.165, 1.54) is 5.56 Å². The monoisotopic (exact) mass is 328 g/mol. The molecule has 126 valence electrons. The highest BCUT2D eigenvalue weighted by Crippen LogP contribution is 2.42. The standard InChI is InChI=1S/C21H32OSi/c1-8-15-20(19-16-13-12-14-17-19)21(6,7)18(5)22-23(9-2,10-3)11-4/h8,12-14,16-17H,5,9-11H2,1-4,6-7H3. The van der Waals surface area contributed by atoms with Gasteiger partial charge in [0.1, 0.15) is 0 Å². The van der Waals surface area contributed by atoms with Crippen LogP contribution in [0.2, 0.25) is 18.1 Å². The second-order valence-electron chi connectivity index (χ2n) is 6.57. The number of hydrogen-bond donors (Lipinski definition) is 0. The number of rotatable bonds is 8. The summed E-state index contributed by atoms with van der Waals surface area (Å²) in [4.78, 5) is 0. The molecule has 1 aromatic rings. The maximum Gasteiger partial charge on any atom is 0.250 e. The third-order valence-corrected chi connectivity index (χ3v) is 9.49. The van der Waals surface area contributed by atoms with Gasteiger partial charge in [0.2, 0.25) is 8.32 Å². The van der Waals surface area contributed by atoms with Gasteiger partial charge in [-0.1, -0.05) is 57.7 Å². The normalized spacial score (nSPS) is 11.6. The molecule has 1 nitrogen and oxygen atoms in total. The van der Waals surface area contributed by atoms with Gasteiger partial charge in [-0.15, -0.1) is 5.73 Å². The van der Waals surface area contributed by atoms with Gasteiger partial charge in [0.05, 0.1) is 11.2 Å². The Balaban J connectivity index is 3.21. The Bertz CT molecular complexity index is 565. The van der Waals surface area contributed by atoms with Crippen molar-refractivity contribution in [3.63, 3.8) is 0 Å². The highest BCUT2D eigenvalue weighted by molar-refractivity contribution is 6.73. The van der Waals surface area contributed by atoms with Crippen LogP contribution in [-0.2, 0) is 4.43 Å². The average molecular weight is 329 g/mol. The van der Waals surface area contributed by atoms with Crippen molar-refractivity contribution in [1.82, 2.24) is 0 Å². The third kappa shape index (κ3) is 4.50. The van der Waals surface area contributed by atoms with E-state index >= 15 is 0 Å². The predicted octanol–water partition coefficient (Wildman–Crippen LogP) is 6.81. The molecule has 0 aliphatic carbocycles. The summed E-state index contributed by atoms with van der Waals surface area (Å²) in [7, 11) is -1.71. The zero-order chi connectivity index (χ0) is 17.5. The van der Waals surface area contributed by atoms with Crippen molar-refractivity contribution in [1.29, 1.82) is 0 Å². The minimum Gasteiger partial charge on any atom is -0.546 e. The quantitative estimate of drug-likeness (QED) is 0.289. The molecule has 0 atom stereocenters. The molecule has 0 saturated carbocycles. The zero-order valence-corrected chi connectivity index (χ0v) is 16.7. The van der Waals surface area contributed by atoms with Gasteiger partial charge in [0, 0.05) is 5.57 Å². The van der Waals surface area contributed by atoms with Gasteiger partial charge in [0.25, 0.3) is 0 Å². The van der Waals surface area contributed by atoms with Crippen molar-refractivity contribution in [3.05, 3.63) is 60.0 Å². The molecule has 0 bridgehead atoms. The summed E-state index contributed by atoms with van der Waals surface area (Å²) in [5.74, 6) is 0.878. The maximum absolute atomic E-state index is 6.57. The Morgan fingerprint density at radius 3 is 2.09 bits per heavy atom. The molecule has 0 spiro atoms. The largest absolute Gasteiger partial charge is 0.546 e. The molecule has 2 heteroatoms. The van der Waals surface area contributed by atoms with Crippen LogP contribution in [0.15, 0.2) is 54.5 Å². The van der Waals surface area contributed by atoms with Gasteiger partial charge in [-0.2, -0.15) is 0 Å². The average Bonchev–Trinajstić information content (AvgIpc) is 2.58. The van der Waals surface area contributed by atoms with Crippen LogP contribution in [0, 0.1) is 5.41 Å². The van der Waals surface area contributed by atoms with E-state index in [4.69, 9.17) is 4.43 Å². The third-order valence-electron chi connectivity index (χ3n) is 4.95. The first-order valence-electron chi connectivity index (χ1n) is 8.72. The molecular formula is C21H32OSi.